The highest BCUT2D eigenvalue weighted by atomic mass is 79.9. The predicted octanol–water partition coefficient (Wildman–Crippen LogP) is 2.18. The molecule has 3 rings (SSSR count). The lowest BCUT2D eigenvalue weighted by Gasteiger charge is -2.13. The van der Waals surface area contributed by atoms with Crippen molar-refractivity contribution in [2.24, 2.45) is 0 Å². The van der Waals surface area contributed by atoms with Gasteiger partial charge in [0.1, 0.15) is 5.82 Å². The number of hydrogen-bond acceptors (Lipinski definition) is 5. The van der Waals surface area contributed by atoms with Crippen LogP contribution >= 0.6 is 15.9 Å². The number of aromatic nitrogens is 2. The lowest BCUT2D eigenvalue weighted by atomic mass is 10.2. The smallest absolute Gasteiger partial charge is 0.222 e. The van der Waals surface area contributed by atoms with Crippen LogP contribution in [0.1, 0.15) is 6.42 Å². The SMILES string of the molecule is Nc1nc(N[C@H]2CCOC2)c2ccc(Br)cc2n1. The van der Waals surface area contributed by atoms with Crippen molar-refractivity contribution in [3.8, 4) is 0 Å². The van der Waals surface area contributed by atoms with E-state index >= 15 is 0 Å². The van der Waals surface area contributed by atoms with Gasteiger partial charge in [-0.05, 0) is 24.6 Å². The number of nitrogens with zero attached hydrogens (tertiary/aromatic N) is 2. The Morgan fingerprint density at radius 3 is 3.06 bits per heavy atom. The van der Waals surface area contributed by atoms with Gasteiger partial charge in [-0.3, -0.25) is 0 Å². The molecule has 0 bridgehead atoms. The van der Waals surface area contributed by atoms with E-state index in [2.05, 4.69) is 31.2 Å². The Hall–Kier alpha value is -1.40. The molecule has 1 aromatic heterocycles. The first kappa shape index (κ1) is 11.7. The molecule has 0 unspecified atom stereocenters. The Kier molecular flexibility index (Phi) is 3.05. The summed E-state index contributed by atoms with van der Waals surface area (Å²) in [4.78, 5) is 8.52. The minimum atomic E-state index is 0.280. The summed E-state index contributed by atoms with van der Waals surface area (Å²) < 4.78 is 6.32. The second-order valence-electron chi connectivity index (χ2n) is 4.30. The molecule has 1 saturated heterocycles. The molecule has 1 aliphatic rings. The molecule has 2 aromatic rings. The molecule has 1 aromatic carbocycles. The Bertz CT molecular complexity index is 578. The van der Waals surface area contributed by atoms with Gasteiger partial charge >= 0.3 is 0 Å². The normalized spacial score (nSPS) is 19.3. The lowest BCUT2D eigenvalue weighted by molar-refractivity contribution is 0.195. The van der Waals surface area contributed by atoms with Crippen molar-refractivity contribution in [3.63, 3.8) is 0 Å². The average Bonchev–Trinajstić information content (AvgIpc) is 2.80. The van der Waals surface area contributed by atoms with Crippen molar-refractivity contribution in [3.05, 3.63) is 22.7 Å². The Morgan fingerprint density at radius 1 is 1.39 bits per heavy atom. The minimum Gasteiger partial charge on any atom is -0.379 e. The molecule has 0 aliphatic carbocycles. The van der Waals surface area contributed by atoms with Crippen molar-refractivity contribution in [1.82, 2.24) is 9.97 Å². The maximum absolute atomic E-state index is 5.74. The molecule has 1 fully saturated rings. The van der Waals surface area contributed by atoms with E-state index in [1.165, 1.54) is 0 Å². The van der Waals surface area contributed by atoms with Crippen molar-refractivity contribution in [2.75, 3.05) is 24.3 Å². The fourth-order valence-electron chi connectivity index (χ4n) is 2.07. The van der Waals surface area contributed by atoms with Crippen LogP contribution < -0.4 is 11.1 Å². The number of fused-ring (bicyclic) bond motifs is 1. The van der Waals surface area contributed by atoms with Crippen LogP contribution in [0.2, 0.25) is 0 Å². The van der Waals surface area contributed by atoms with Crippen LogP contribution in [0.25, 0.3) is 10.9 Å². The number of nitrogens with one attached hydrogen (secondary N) is 1. The number of hydrogen-bond donors (Lipinski definition) is 2. The number of benzene rings is 1. The van der Waals surface area contributed by atoms with Gasteiger partial charge in [-0.2, -0.15) is 4.98 Å². The van der Waals surface area contributed by atoms with E-state index in [1.807, 2.05) is 18.2 Å². The molecular formula is C12H13BrN4O. The third kappa shape index (κ3) is 2.26. The van der Waals surface area contributed by atoms with E-state index in [4.69, 9.17) is 10.5 Å². The monoisotopic (exact) mass is 308 g/mol. The molecule has 94 valence electrons. The highest BCUT2D eigenvalue weighted by Crippen LogP contribution is 2.25. The van der Waals surface area contributed by atoms with Gasteiger partial charge in [0.05, 0.1) is 18.2 Å². The van der Waals surface area contributed by atoms with Gasteiger partial charge < -0.3 is 15.8 Å². The third-order valence-corrected chi connectivity index (χ3v) is 3.44. The van der Waals surface area contributed by atoms with Gasteiger partial charge in [0.25, 0.3) is 0 Å². The van der Waals surface area contributed by atoms with Gasteiger partial charge in [0.15, 0.2) is 0 Å². The van der Waals surface area contributed by atoms with E-state index in [1.54, 1.807) is 0 Å². The third-order valence-electron chi connectivity index (χ3n) is 2.95. The zero-order valence-corrected chi connectivity index (χ0v) is 11.3. The van der Waals surface area contributed by atoms with Crippen molar-refractivity contribution >= 4 is 38.6 Å². The largest absolute Gasteiger partial charge is 0.379 e. The molecule has 1 atom stereocenters. The summed E-state index contributed by atoms with van der Waals surface area (Å²) in [6.07, 6.45) is 0.988. The van der Waals surface area contributed by atoms with Crippen molar-refractivity contribution in [1.29, 1.82) is 0 Å². The van der Waals surface area contributed by atoms with Crippen molar-refractivity contribution < 1.29 is 4.74 Å². The van der Waals surface area contributed by atoms with Crippen LogP contribution in [-0.2, 0) is 4.74 Å². The van der Waals surface area contributed by atoms with Gasteiger partial charge in [0.2, 0.25) is 5.95 Å². The minimum absolute atomic E-state index is 0.280. The molecule has 6 heteroatoms. The topological polar surface area (TPSA) is 73.1 Å². The van der Waals surface area contributed by atoms with Crippen LogP contribution in [-0.4, -0.2) is 29.2 Å². The quantitative estimate of drug-likeness (QED) is 0.889. The zero-order valence-electron chi connectivity index (χ0n) is 9.69. The lowest BCUT2D eigenvalue weighted by Crippen LogP contribution is -2.20. The summed E-state index contributed by atoms with van der Waals surface area (Å²) >= 11 is 3.43. The first-order chi connectivity index (χ1) is 8.72. The highest BCUT2D eigenvalue weighted by molar-refractivity contribution is 9.10. The number of anilines is 2. The van der Waals surface area contributed by atoms with E-state index in [0.717, 1.165) is 34.2 Å². The van der Waals surface area contributed by atoms with Crippen LogP contribution in [0.5, 0.6) is 0 Å². The molecule has 18 heavy (non-hydrogen) atoms. The summed E-state index contributed by atoms with van der Waals surface area (Å²) in [5.41, 5.74) is 6.57. The van der Waals surface area contributed by atoms with Crippen LogP contribution in [0.4, 0.5) is 11.8 Å². The second-order valence-corrected chi connectivity index (χ2v) is 5.21. The van der Waals surface area contributed by atoms with Gasteiger partial charge in [0, 0.05) is 16.5 Å². The maximum atomic E-state index is 5.74. The molecule has 0 spiro atoms. The van der Waals surface area contributed by atoms with Gasteiger partial charge in [-0.15, -0.1) is 0 Å². The molecule has 2 heterocycles. The van der Waals surface area contributed by atoms with Crippen LogP contribution in [0, 0.1) is 0 Å². The number of halogens is 1. The predicted molar refractivity (Wildman–Crippen MR) is 74.5 cm³/mol. The highest BCUT2D eigenvalue weighted by Gasteiger charge is 2.17. The number of nitrogens with two attached hydrogens (primary N) is 1. The fraction of sp³-hybridized carbons (Fsp3) is 0.333. The fourth-order valence-corrected chi connectivity index (χ4v) is 2.42. The summed E-state index contributed by atoms with van der Waals surface area (Å²) in [6, 6.07) is 6.19. The molecular weight excluding hydrogens is 296 g/mol. The van der Waals surface area contributed by atoms with Gasteiger partial charge in [-0.25, -0.2) is 4.98 Å². The van der Waals surface area contributed by atoms with E-state index in [0.29, 0.717) is 12.6 Å². The first-order valence-corrected chi connectivity index (χ1v) is 6.59. The maximum Gasteiger partial charge on any atom is 0.222 e. The summed E-state index contributed by atoms with van der Waals surface area (Å²) in [5, 5.41) is 4.34. The molecule has 0 amide bonds. The Morgan fingerprint density at radius 2 is 2.28 bits per heavy atom. The van der Waals surface area contributed by atoms with E-state index < -0.39 is 0 Å². The zero-order chi connectivity index (χ0) is 12.5. The number of rotatable bonds is 2. The second kappa shape index (κ2) is 4.70. The molecule has 3 N–H and O–H groups in total. The molecule has 0 radical (unpaired) electrons. The first-order valence-electron chi connectivity index (χ1n) is 5.79. The summed E-state index contributed by atoms with van der Waals surface area (Å²) in [6.45, 7) is 1.50. The van der Waals surface area contributed by atoms with Crippen LogP contribution in [0.15, 0.2) is 22.7 Å². The Labute approximate surface area is 113 Å². The Balaban J connectivity index is 2.03. The van der Waals surface area contributed by atoms with Crippen molar-refractivity contribution in [2.45, 2.75) is 12.5 Å². The number of ether oxygens (including phenoxy) is 1. The standard InChI is InChI=1S/C12H13BrN4O/c13-7-1-2-9-10(5-7)16-12(14)17-11(9)15-8-3-4-18-6-8/h1-2,5,8H,3-4,6H2,(H3,14,15,16,17)/t8-/m0/s1. The van der Waals surface area contributed by atoms with Crippen LogP contribution in [0.3, 0.4) is 0 Å². The summed E-state index contributed by atoms with van der Waals surface area (Å²) in [5.74, 6) is 1.06. The molecule has 1 aliphatic heterocycles. The van der Waals surface area contributed by atoms with E-state index in [-0.39, 0.29) is 5.95 Å². The summed E-state index contributed by atoms with van der Waals surface area (Å²) in [7, 11) is 0. The number of nitrogen functional groups attached to an aromatic ring is 1. The molecule has 5 nitrogen and oxygen atoms in total. The molecule has 0 saturated carbocycles. The average molecular weight is 309 g/mol. The van der Waals surface area contributed by atoms with Gasteiger partial charge in [-0.1, -0.05) is 15.9 Å². The van der Waals surface area contributed by atoms with E-state index in [9.17, 15) is 0 Å².